The van der Waals surface area contributed by atoms with E-state index in [4.69, 9.17) is 14.2 Å². The second-order valence-corrected chi connectivity index (χ2v) is 11.9. The van der Waals surface area contributed by atoms with Crippen molar-refractivity contribution in [2.75, 3.05) is 53.3 Å². The van der Waals surface area contributed by atoms with Crippen LogP contribution in [0.2, 0.25) is 0 Å². The van der Waals surface area contributed by atoms with E-state index in [9.17, 15) is 4.79 Å². The van der Waals surface area contributed by atoms with Crippen LogP contribution in [0.25, 0.3) is 17.0 Å². The first-order valence-corrected chi connectivity index (χ1v) is 15.7. The number of fused-ring (bicyclic) bond motifs is 1. The second-order valence-electron chi connectivity index (χ2n) is 11.9. The van der Waals surface area contributed by atoms with E-state index in [0.29, 0.717) is 37.5 Å². The number of para-hydroxylation sites is 1. The Hall–Kier alpha value is -3.39. The number of piperidine rings is 1. The molecule has 1 fully saturated rings. The molecule has 7 heteroatoms. The standard InChI is InChI=1S/C36H49N3O4/c1-26(2)31-22-28(23-32(27(3)4)36(31)43-25-42-21-20-41-5)10-6-9-13-35(40)37-16-19-39-17-14-29(15-18-39)33-24-38-34-12-8-7-11-30(33)34/h6-13,22-24,26-27,29,38H,14-21,25H2,1-5H3,(H,37,40)/b10-6+,13-9+. The van der Waals surface area contributed by atoms with Crippen LogP contribution in [0.3, 0.4) is 0 Å². The van der Waals surface area contributed by atoms with Gasteiger partial charge < -0.3 is 29.4 Å². The Kier molecular flexibility index (Phi) is 12.4. The summed E-state index contributed by atoms with van der Waals surface area (Å²) in [6, 6.07) is 12.9. The molecule has 0 spiro atoms. The molecule has 0 aliphatic carbocycles. The number of carbonyl (C=O) groups excluding carboxylic acids is 1. The molecule has 1 amide bonds. The smallest absolute Gasteiger partial charge is 0.244 e. The summed E-state index contributed by atoms with van der Waals surface area (Å²) in [7, 11) is 1.66. The Morgan fingerprint density at radius 1 is 1.05 bits per heavy atom. The van der Waals surface area contributed by atoms with Crippen LogP contribution in [-0.4, -0.2) is 69.1 Å². The maximum absolute atomic E-state index is 12.4. The van der Waals surface area contributed by atoms with E-state index in [1.54, 1.807) is 19.3 Å². The monoisotopic (exact) mass is 587 g/mol. The van der Waals surface area contributed by atoms with Crippen LogP contribution in [0.15, 0.2) is 60.8 Å². The van der Waals surface area contributed by atoms with E-state index in [2.05, 4.69) is 85.5 Å². The van der Waals surface area contributed by atoms with Crippen molar-refractivity contribution in [2.45, 2.75) is 58.3 Å². The minimum atomic E-state index is -0.0683. The Bertz CT molecular complexity index is 1340. The normalized spacial score (nSPS) is 15.0. The molecule has 1 aromatic heterocycles. The largest absolute Gasteiger partial charge is 0.467 e. The first kappa shape index (κ1) is 32.5. The van der Waals surface area contributed by atoms with E-state index in [-0.39, 0.29) is 12.7 Å². The fourth-order valence-corrected chi connectivity index (χ4v) is 5.73. The van der Waals surface area contributed by atoms with Crippen LogP contribution in [0, 0.1) is 0 Å². The van der Waals surface area contributed by atoms with Gasteiger partial charge in [0.05, 0.1) is 13.2 Å². The minimum absolute atomic E-state index is 0.0683. The third-order valence-corrected chi connectivity index (χ3v) is 8.15. The molecule has 0 saturated carbocycles. The van der Waals surface area contributed by atoms with E-state index in [0.717, 1.165) is 54.9 Å². The number of ether oxygens (including phenoxy) is 3. The summed E-state index contributed by atoms with van der Waals surface area (Å²) in [5, 5.41) is 4.38. The van der Waals surface area contributed by atoms with Crippen molar-refractivity contribution in [2.24, 2.45) is 0 Å². The summed E-state index contributed by atoms with van der Waals surface area (Å²) in [5.41, 5.74) is 6.03. The molecule has 1 saturated heterocycles. The van der Waals surface area contributed by atoms with Crippen LogP contribution in [0.1, 0.15) is 80.5 Å². The number of benzene rings is 2. The van der Waals surface area contributed by atoms with Gasteiger partial charge in [0.15, 0.2) is 6.79 Å². The average molecular weight is 588 g/mol. The SMILES string of the molecule is COCCOCOc1c(C(C)C)cc(/C=C/C=C/C(=O)NCCN2CCC(c3c[nH]c4ccccc34)CC2)cc1C(C)C. The summed E-state index contributed by atoms with van der Waals surface area (Å²) in [4.78, 5) is 18.3. The van der Waals surface area contributed by atoms with Crippen LogP contribution in [0.5, 0.6) is 5.75 Å². The highest BCUT2D eigenvalue weighted by atomic mass is 16.7. The number of allylic oxidation sites excluding steroid dienone is 2. The lowest BCUT2D eigenvalue weighted by Crippen LogP contribution is -2.38. The molecule has 2 heterocycles. The molecule has 4 rings (SSSR count). The lowest BCUT2D eigenvalue weighted by Gasteiger charge is -2.31. The molecule has 0 radical (unpaired) electrons. The maximum Gasteiger partial charge on any atom is 0.244 e. The van der Waals surface area contributed by atoms with Crippen molar-refractivity contribution in [3.63, 3.8) is 0 Å². The molecule has 1 aliphatic rings. The highest BCUT2D eigenvalue weighted by molar-refractivity contribution is 5.88. The van der Waals surface area contributed by atoms with Crippen LogP contribution in [0.4, 0.5) is 0 Å². The summed E-state index contributed by atoms with van der Waals surface area (Å²) < 4.78 is 16.7. The Labute approximate surface area is 257 Å². The van der Waals surface area contributed by atoms with E-state index in [1.807, 2.05) is 12.2 Å². The molecule has 2 N–H and O–H groups in total. The van der Waals surface area contributed by atoms with Crippen LogP contribution >= 0.6 is 0 Å². The summed E-state index contributed by atoms with van der Waals surface area (Å²) in [6.45, 7) is 13.5. The number of hydrogen-bond acceptors (Lipinski definition) is 5. The number of hydrogen-bond donors (Lipinski definition) is 2. The van der Waals surface area contributed by atoms with Crippen molar-refractivity contribution in [3.8, 4) is 5.75 Å². The Balaban J connectivity index is 1.23. The fourth-order valence-electron chi connectivity index (χ4n) is 5.73. The summed E-state index contributed by atoms with van der Waals surface area (Å²) in [6.07, 6.45) is 11.8. The van der Waals surface area contributed by atoms with Gasteiger partial charge in [-0.15, -0.1) is 0 Å². The van der Waals surface area contributed by atoms with Crippen molar-refractivity contribution in [3.05, 3.63) is 83.1 Å². The summed E-state index contributed by atoms with van der Waals surface area (Å²) >= 11 is 0. The fraction of sp³-hybridized carbons (Fsp3) is 0.472. The molecular formula is C36H49N3O4. The molecular weight excluding hydrogens is 538 g/mol. The molecule has 232 valence electrons. The number of H-pyrrole nitrogens is 1. The zero-order chi connectivity index (χ0) is 30.6. The van der Waals surface area contributed by atoms with Gasteiger partial charge in [0.25, 0.3) is 0 Å². The molecule has 43 heavy (non-hydrogen) atoms. The van der Waals surface area contributed by atoms with Gasteiger partial charge in [-0.1, -0.05) is 64.1 Å². The number of methoxy groups -OCH3 is 1. The molecule has 0 atom stereocenters. The average Bonchev–Trinajstić information content (AvgIpc) is 3.44. The van der Waals surface area contributed by atoms with Crippen molar-refractivity contribution < 1.29 is 19.0 Å². The lowest BCUT2D eigenvalue weighted by atomic mass is 9.89. The maximum atomic E-state index is 12.4. The number of nitrogens with zero attached hydrogens (tertiary/aromatic N) is 1. The van der Waals surface area contributed by atoms with Gasteiger partial charge in [0, 0.05) is 43.4 Å². The predicted octanol–water partition coefficient (Wildman–Crippen LogP) is 6.98. The van der Waals surface area contributed by atoms with Gasteiger partial charge in [-0.3, -0.25) is 4.79 Å². The number of aromatic nitrogens is 1. The predicted molar refractivity (Wildman–Crippen MR) is 176 cm³/mol. The Morgan fingerprint density at radius 2 is 1.77 bits per heavy atom. The zero-order valence-corrected chi connectivity index (χ0v) is 26.5. The number of amides is 1. The number of likely N-dealkylation sites (tertiary alicyclic amines) is 1. The van der Waals surface area contributed by atoms with Crippen molar-refractivity contribution >= 4 is 22.9 Å². The molecule has 7 nitrogen and oxygen atoms in total. The van der Waals surface area contributed by atoms with Gasteiger partial charge in [-0.2, -0.15) is 0 Å². The molecule has 2 aromatic carbocycles. The van der Waals surface area contributed by atoms with Gasteiger partial charge in [0.1, 0.15) is 5.75 Å². The number of nitrogens with one attached hydrogen (secondary N) is 2. The first-order chi connectivity index (χ1) is 20.9. The third-order valence-electron chi connectivity index (χ3n) is 8.15. The van der Waals surface area contributed by atoms with E-state index in [1.165, 1.54) is 16.5 Å². The Morgan fingerprint density at radius 3 is 2.47 bits per heavy atom. The van der Waals surface area contributed by atoms with E-state index < -0.39 is 0 Å². The molecule has 0 unspecified atom stereocenters. The summed E-state index contributed by atoms with van der Waals surface area (Å²) in [5.74, 6) is 2.01. The number of rotatable bonds is 15. The van der Waals surface area contributed by atoms with Gasteiger partial charge in [-0.25, -0.2) is 0 Å². The van der Waals surface area contributed by atoms with Crippen LogP contribution < -0.4 is 10.1 Å². The number of carbonyl (C=O) groups is 1. The zero-order valence-electron chi connectivity index (χ0n) is 26.5. The molecule has 3 aromatic rings. The lowest BCUT2D eigenvalue weighted by molar-refractivity contribution is -0.116. The third kappa shape index (κ3) is 9.30. The first-order valence-electron chi connectivity index (χ1n) is 15.7. The molecule has 0 bridgehead atoms. The van der Waals surface area contributed by atoms with Crippen molar-refractivity contribution in [1.82, 2.24) is 15.2 Å². The highest BCUT2D eigenvalue weighted by Gasteiger charge is 2.22. The van der Waals surface area contributed by atoms with Crippen molar-refractivity contribution in [1.29, 1.82) is 0 Å². The van der Waals surface area contributed by atoms with Gasteiger partial charge in [-0.05, 0) is 84.1 Å². The quantitative estimate of drug-likeness (QED) is 0.0869. The van der Waals surface area contributed by atoms with Gasteiger partial charge >= 0.3 is 0 Å². The minimum Gasteiger partial charge on any atom is -0.467 e. The van der Waals surface area contributed by atoms with E-state index >= 15 is 0 Å². The highest BCUT2D eigenvalue weighted by Crippen LogP contribution is 2.36. The van der Waals surface area contributed by atoms with Gasteiger partial charge in [0.2, 0.25) is 5.91 Å². The molecule has 1 aliphatic heterocycles. The number of aromatic amines is 1. The second kappa shape index (κ2) is 16.5. The van der Waals surface area contributed by atoms with Crippen LogP contribution in [-0.2, 0) is 14.3 Å². The topological polar surface area (TPSA) is 75.8 Å².